The molecule has 0 aromatic carbocycles. The van der Waals surface area contributed by atoms with E-state index in [-0.39, 0.29) is 12.5 Å². The van der Waals surface area contributed by atoms with E-state index in [1.165, 1.54) is 103 Å². The van der Waals surface area contributed by atoms with Crippen molar-refractivity contribution < 1.29 is 15.0 Å². The van der Waals surface area contributed by atoms with Gasteiger partial charge < -0.3 is 15.5 Å². The molecule has 1 amide bonds. The highest BCUT2D eigenvalue weighted by atomic mass is 16.3. The van der Waals surface area contributed by atoms with E-state index in [9.17, 15) is 15.0 Å². The van der Waals surface area contributed by atoms with E-state index in [0.717, 1.165) is 77.0 Å². The highest BCUT2D eigenvalue weighted by Gasteiger charge is 2.17. The predicted molar refractivity (Wildman–Crippen MR) is 253 cm³/mol. The van der Waals surface area contributed by atoms with Crippen LogP contribution in [0.15, 0.2) is 109 Å². The molecular weight excluding hydrogens is 699 g/mol. The Morgan fingerprint density at radius 3 is 1.16 bits per heavy atom. The standard InChI is InChI=1S/C53H89NO3/c1-3-5-7-9-11-13-15-16-17-18-19-20-21-22-23-24-25-26-27-28-29-30-31-32-33-34-35-36-37-38-39-41-43-45-47-49-53(57)54-51(50-55)52(56)48-46-44-42-40-14-12-10-8-6-4-2/h5,7,11,13,16-17,19-20,22-23,25-26,28-29,31-32,46,48,51-52,55-56H,3-4,6,8-10,12,14-15,18,21,24,27,30,33-45,47,49-50H2,1-2H3,(H,54,57)/b7-5-,13-11-,17-16-,20-19-,23-22-,26-25-,29-28-,32-31-,48-46+. The van der Waals surface area contributed by atoms with Crippen LogP contribution in [0.1, 0.15) is 200 Å². The summed E-state index contributed by atoms with van der Waals surface area (Å²) in [4.78, 5) is 12.4. The van der Waals surface area contributed by atoms with Crippen LogP contribution in [0.2, 0.25) is 0 Å². The van der Waals surface area contributed by atoms with Crippen LogP contribution in [0.5, 0.6) is 0 Å². The molecule has 0 saturated heterocycles. The molecule has 0 saturated carbocycles. The number of rotatable bonds is 41. The molecule has 324 valence electrons. The van der Waals surface area contributed by atoms with Crippen molar-refractivity contribution in [1.29, 1.82) is 0 Å². The molecule has 0 fully saturated rings. The van der Waals surface area contributed by atoms with Gasteiger partial charge >= 0.3 is 0 Å². The fourth-order valence-corrected chi connectivity index (χ4v) is 6.43. The third kappa shape index (κ3) is 44.0. The summed E-state index contributed by atoms with van der Waals surface area (Å²) in [5.41, 5.74) is 0. The molecule has 0 aliphatic carbocycles. The summed E-state index contributed by atoms with van der Waals surface area (Å²) < 4.78 is 0. The molecule has 2 unspecified atom stereocenters. The lowest BCUT2D eigenvalue weighted by molar-refractivity contribution is -0.123. The molecule has 0 rings (SSSR count). The van der Waals surface area contributed by atoms with E-state index < -0.39 is 12.1 Å². The Morgan fingerprint density at radius 2 is 0.772 bits per heavy atom. The first-order valence-electron chi connectivity index (χ1n) is 23.6. The highest BCUT2D eigenvalue weighted by molar-refractivity contribution is 5.76. The lowest BCUT2D eigenvalue weighted by atomic mass is 10.0. The van der Waals surface area contributed by atoms with E-state index >= 15 is 0 Å². The van der Waals surface area contributed by atoms with E-state index in [1.54, 1.807) is 6.08 Å². The van der Waals surface area contributed by atoms with Crippen molar-refractivity contribution in [3.8, 4) is 0 Å². The molecule has 4 heteroatoms. The summed E-state index contributed by atoms with van der Waals surface area (Å²) in [5.74, 6) is -0.0762. The van der Waals surface area contributed by atoms with Gasteiger partial charge in [-0.3, -0.25) is 4.79 Å². The van der Waals surface area contributed by atoms with E-state index in [0.29, 0.717) is 6.42 Å². The Balaban J connectivity index is 3.60. The maximum absolute atomic E-state index is 12.4. The monoisotopic (exact) mass is 788 g/mol. The van der Waals surface area contributed by atoms with Crippen LogP contribution in [0.4, 0.5) is 0 Å². The van der Waals surface area contributed by atoms with Gasteiger partial charge in [-0.15, -0.1) is 0 Å². The molecule has 3 N–H and O–H groups in total. The van der Waals surface area contributed by atoms with Crippen molar-refractivity contribution in [3.05, 3.63) is 109 Å². The van der Waals surface area contributed by atoms with E-state index in [2.05, 4.69) is 116 Å². The van der Waals surface area contributed by atoms with Gasteiger partial charge in [-0.1, -0.05) is 220 Å². The number of hydrogen-bond acceptors (Lipinski definition) is 3. The van der Waals surface area contributed by atoms with Gasteiger partial charge in [0, 0.05) is 6.42 Å². The molecule has 0 aliphatic heterocycles. The summed E-state index contributed by atoms with van der Waals surface area (Å²) in [6, 6.07) is -0.629. The molecule has 0 spiro atoms. The van der Waals surface area contributed by atoms with Crippen molar-refractivity contribution in [1.82, 2.24) is 5.32 Å². The largest absolute Gasteiger partial charge is 0.394 e. The Bertz CT molecular complexity index is 1120. The molecule has 0 aliphatic rings. The fraction of sp³-hybridized carbons (Fsp3) is 0.642. The Labute approximate surface area is 353 Å². The SMILES string of the molecule is CC/C=C\C/C=C\C/C=C\C/C=C\C/C=C\C/C=C\C/C=C\C/C=C\CCCCCCCCCCCCC(=O)NC(CO)C(O)/C=C/CCCCCCCCCC. The van der Waals surface area contributed by atoms with Gasteiger partial charge in [0.15, 0.2) is 0 Å². The maximum Gasteiger partial charge on any atom is 0.220 e. The van der Waals surface area contributed by atoms with Crippen LogP contribution < -0.4 is 5.32 Å². The predicted octanol–water partition coefficient (Wildman–Crippen LogP) is 15.2. The van der Waals surface area contributed by atoms with Crippen molar-refractivity contribution in [3.63, 3.8) is 0 Å². The van der Waals surface area contributed by atoms with Crippen molar-refractivity contribution in [2.45, 2.75) is 212 Å². The van der Waals surface area contributed by atoms with Crippen LogP contribution in [-0.4, -0.2) is 34.9 Å². The first-order valence-corrected chi connectivity index (χ1v) is 23.6. The van der Waals surface area contributed by atoms with Crippen molar-refractivity contribution in [2.24, 2.45) is 0 Å². The number of nitrogens with one attached hydrogen (secondary N) is 1. The second-order valence-corrected chi connectivity index (χ2v) is 15.4. The van der Waals surface area contributed by atoms with Gasteiger partial charge in [-0.05, 0) is 83.5 Å². The molecule has 57 heavy (non-hydrogen) atoms. The van der Waals surface area contributed by atoms with Gasteiger partial charge in [0.25, 0.3) is 0 Å². The summed E-state index contributed by atoms with van der Waals surface area (Å²) in [5, 5.41) is 22.9. The smallest absolute Gasteiger partial charge is 0.220 e. The van der Waals surface area contributed by atoms with Crippen LogP contribution >= 0.6 is 0 Å². The van der Waals surface area contributed by atoms with E-state index in [1.807, 2.05) is 6.08 Å². The van der Waals surface area contributed by atoms with Crippen molar-refractivity contribution >= 4 is 5.91 Å². The number of carbonyl (C=O) groups excluding carboxylic acids is 1. The Morgan fingerprint density at radius 1 is 0.439 bits per heavy atom. The van der Waals surface area contributed by atoms with Gasteiger partial charge in [0.1, 0.15) is 0 Å². The van der Waals surface area contributed by atoms with Gasteiger partial charge in [0.05, 0.1) is 18.8 Å². The second-order valence-electron chi connectivity index (χ2n) is 15.4. The zero-order valence-corrected chi connectivity index (χ0v) is 37.1. The van der Waals surface area contributed by atoms with Crippen LogP contribution in [0.25, 0.3) is 0 Å². The molecule has 0 heterocycles. The van der Waals surface area contributed by atoms with Gasteiger partial charge in [0.2, 0.25) is 5.91 Å². The number of carbonyl (C=O) groups is 1. The average molecular weight is 788 g/mol. The minimum Gasteiger partial charge on any atom is -0.394 e. The Kier molecular flexibility index (Phi) is 45.0. The van der Waals surface area contributed by atoms with E-state index in [4.69, 9.17) is 0 Å². The number of aliphatic hydroxyl groups excluding tert-OH is 2. The van der Waals surface area contributed by atoms with Gasteiger partial charge in [-0.2, -0.15) is 0 Å². The normalized spacial score (nSPS) is 14.0. The molecule has 0 radical (unpaired) electrons. The minimum atomic E-state index is -0.845. The summed E-state index contributed by atoms with van der Waals surface area (Å²) >= 11 is 0. The number of unbranched alkanes of at least 4 members (excludes halogenated alkanes) is 18. The van der Waals surface area contributed by atoms with Crippen LogP contribution in [0, 0.1) is 0 Å². The number of aliphatic hydroxyl groups is 2. The molecule has 0 aromatic rings. The van der Waals surface area contributed by atoms with Gasteiger partial charge in [-0.25, -0.2) is 0 Å². The first-order chi connectivity index (χ1) is 28.2. The lowest BCUT2D eigenvalue weighted by Gasteiger charge is -2.20. The number of hydrogen-bond donors (Lipinski definition) is 3. The molecule has 0 bridgehead atoms. The molecular formula is C53H89NO3. The molecule has 0 aromatic heterocycles. The third-order valence-corrected chi connectivity index (χ3v) is 10.0. The minimum absolute atomic E-state index is 0.0762. The zero-order chi connectivity index (χ0) is 41.4. The number of amides is 1. The topological polar surface area (TPSA) is 69.6 Å². The quantitative estimate of drug-likeness (QED) is 0.0427. The third-order valence-electron chi connectivity index (χ3n) is 10.0. The molecule has 2 atom stereocenters. The average Bonchev–Trinajstić information content (AvgIpc) is 3.22. The first kappa shape index (κ1) is 54.0. The lowest BCUT2D eigenvalue weighted by Crippen LogP contribution is -2.45. The molecule has 4 nitrogen and oxygen atoms in total. The van der Waals surface area contributed by atoms with Crippen LogP contribution in [-0.2, 0) is 4.79 Å². The Hall–Kier alpha value is -2.95. The second kappa shape index (κ2) is 47.4. The number of allylic oxidation sites excluding steroid dienone is 17. The zero-order valence-electron chi connectivity index (χ0n) is 37.1. The summed E-state index contributed by atoms with van der Waals surface area (Å²) in [6.45, 7) is 4.16. The highest BCUT2D eigenvalue weighted by Crippen LogP contribution is 2.13. The fourth-order valence-electron chi connectivity index (χ4n) is 6.43. The maximum atomic E-state index is 12.4. The van der Waals surface area contributed by atoms with Crippen LogP contribution in [0.3, 0.4) is 0 Å². The summed E-state index contributed by atoms with van der Waals surface area (Å²) in [6.07, 6.45) is 72.1. The summed E-state index contributed by atoms with van der Waals surface area (Å²) in [7, 11) is 0. The van der Waals surface area contributed by atoms with Crippen molar-refractivity contribution in [2.75, 3.05) is 6.61 Å².